The molecule has 0 N–H and O–H groups in total. The van der Waals surface area contributed by atoms with E-state index >= 15 is 0 Å². The number of methoxy groups -OCH3 is 2. The highest BCUT2D eigenvalue weighted by atomic mass is 16.5. The minimum absolute atomic E-state index is 0.211. The maximum atomic E-state index is 5.79. The Morgan fingerprint density at radius 3 is 1.62 bits per heavy atom. The Bertz CT molecular complexity index is 910. The monoisotopic (exact) mass is 314 g/mol. The van der Waals surface area contributed by atoms with Gasteiger partial charge in [-0.25, -0.2) is 0 Å². The van der Waals surface area contributed by atoms with E-state index in [4.69, 9.17) is 9.47 Å². The van der Waals surface area contributed by atoms with Crippen LogP contribution in [0.15, 0.2) is 60.7 Å². The normalized spacial score (nSPS) is 19.2. The SMILES string of the molecule is COc1ccc2c(c1OC)C1c3ccccc3C2c2ccccc21. The van der Waals surface area contributed by atoms with Crippen molar-refractivity contribution in [1.82, 2.24) is 0 Å². The first-order chi connectivity index (χ1) is 11.8. The molecule has 0 amide bonds. The van der Waals surface area contributed by atoms with Crippen molar-refractivity contribution in [2.75, 3.05) is 14.2 Å². The predicted octanol–water partition coefficient (Wildman–Crippen LogP) is 4.69. The van der Waals surface area contributed by atoms with Crippen molar-refractivity contribution in [2.45, 2.75) is 11.8 Å². The van der Waals surface area contributed by atoms with E-state index < -0.39 is 0 Å². The minimum atomic E-state index is 0.211. The van der Waals surface area contributed by atoms with Crippen molar-refractivity contribution in [3.05, 3.63) is 94.0 Å². The molecule has 0 spiro atoms. The molecule has 0 heterocycles. The summed E-state index contributed by atoms with van der Waals surface area (Å²) in [5.41, 5.74) is 8.22. The largest absolute Gasteiger partial charge is 0.493 e. The highest BCUT2D eigenvalue weighted by molar-refractivity contribution is 5.72. The number of hydrogen-bond donors (Lipinski definition) is 0. The van der Waals surface area contributed by atoms with Crippen molar-refractivity contribution < 1.29 is 9.47 Å². The molecule has 0 saturated carbocycles. The van der Waals surface area contributed by atoms with Crippen molar-refractivity contribution in [3.8, 4) is 11.5 Å². The highest BCUT2D eigenvalue weighted by Crippen LogP contribution is 2.59. The van der Waals surface area contributed by atoms with Crippen LogP contribution < -0.4 is 9.47 Å². The van der Waals surface area contributed by atoms with Crippen LogP contribution in [0.2, 0.25) is 0 Å². The van der Waals surface area contributed by atoms with Crippen molar-refractivity contribution >= 4 is 0 Å². The lowest BCUT2D eigenvalue weighted by atomic mass is 9.61. The molecular formula is C22H18O2. The van der Waals surface area contributed by atoms with E-state index in [9.17, 15) is 0 Å². The van der Waals surface area contributed by atoms with E-state index in [2.05, 4.69) is 54.6 Å². The fourth-order valence-corrected chi connectivity index (χ4v) is 4.57. The van der Waals surface area contributed by atoms with E-state index in [0.717, 1.165) is 11.5 Å². The average Bonchev–Trinajstić information content (AvgIpc) is 2.66. The molecule has 3 aliphatic rings. The van der Waals surface area contributed by atoms with Crippen LogP contribution in [-0.4, -0.2) is 14.2 Å². The van der Waals surface area contributed by atoms with Gasteiger partial charge in [-0.15, -0.1) is 0 Å². The van der Waals surface area contributed by atoms with Gasteiger partial charge < -0.3 is 9.47 Å². The molecule has 2 heteroatoms. The number of hydrogen-bond acceptors (Lipinski definition) is 2. The van der Waals surface area contributed by atoms with Crippen LogP contribution in [0, 0.1) is 0 Å². The molecule has 3 aromatic rings. The third-order valence-corrected chi connectivity index (χ3v) is 5.45. The van der Waals surface area contributed by atoms with Gasteiger partial charge >= 0.3 is 0 Å². The third-order valence-electron chi connectivity index (χ3n) is 5.45. The summed E-state index contributed by atoms with van der Waals surface area (Å²) < 4.78 is 11.4. The maximum Gasteiger partial charge on any atom is 0.165 e. The Morgan fingerprint density at radius 1 is 0.583 bits per heavy atom. The van der Waals surface area contributed by atoms with Crippen LogP contribution in [0.25, 0.3) is 0 Å². The molecular weight excluding hydrogens is 296 g/mol. The first-order valence-electron chi connectivity index (χ1n) is 8.27. The second-order valence-corrected chi connectivity index (χ2v) is 6.43. The van der Waals surface area contributed by atoms with Gasteiger partial charge in [-0.1, -0.05) is 54.6 Å². The van der Waals surface area contributed by atoms with E-state index in [1.165, 1.54) is 33.4 Å². The van der Waals surface area contributed by atoms with Crippen LogP contribution in [0.4, 0.5) is 0 Å². The zero-order valence-electron chi connectivity index (χ0n) is 13.7. The van der Waals surface area contributed by atoms with Gasteiger partial charge in [0.15, 0.2) is 11.5 Å². The van der Waals surface area contributed by atoms with Crippen molar-refractivity contribution in [2.24, 2.45) is 0 Å². The maximum absolute atomic E-state index is 5.79. The number of ether oxygens (including phenoxy) is 2. The van der Waals surface area contributed by atoms with Gasteiger partial charge in [0, 0.05) is 17.4 Å². The summed E-state index contributed by atoms with van der Waals surface area (Å²) in [7, 11) is 3.44. The molecule has 0 aromatic heterocycles. The molecule has 0 fully saturated rings. The van der Waals surface area contributed by atoms with Crippen LogP contribution >= 0.6 is 0 Å². The summed E-state index contributed by atoms with van der Waals surface area (Å²) in [6.45, 7) is 0. The zero-order chi connectivity index (χ0) is 16.3. The molecule has 2 nitrogen and oxygen atoms in total. The predicted molar refractivity (Wildman–Crippen MR) is 94.3 cm³/mol. The van der Waals surface area contributed by atoms with E-state index in [1.807, 2.05) is 6.07 Å². The molecule has 0 unspecified atom stereocenters. The molecule has 3 aliphatic carbocycles. The van der Waals surface area contributed by atoms with Crippen molar-refractivity contribution in [3.63, 3.8) is 0 Å². The molecule has 0 atom stereocenters. The van der Waals surface area contributed by atoms with Gasteiger partial charge in [0.1, 0.15) is 0 Å². The number of benzene rings is 3. The van der Waals surface area contributed by atoms with Crippen LogP contribution in [0.1, 0.15) is 45.2 Å². The summed E-state index contributed by atoms with van der Waals surface area (Å²) in [5.74, 6) is 2.16. The van der Waals surface area contributed by atoms with Gasteiger partial charge in [-0.3, -0.25) is 0 Å². The van der Waals surface area contributed by atoms with E-state index in [-0.39, 0.29) is 11.8 Å². The summed E-state index contributed by atoms with van der Waals surface area (Å²) in [6, 6.07) is 21.8. The molecule has 3 aromatic carbocycles. The second kappa shape index (κ2) is 4.88. The molecule has 0 saturated heterocycles. The fourth-order valence-electron chi connectivity index (χ4n) is 4.57. The number of rotatable bonds is 2. The first kappa shape index (κ1) is 13.7. The Kier molecular flexibility index (Phi) is 2.78. The Hall–Kier alpha value is -2.74. The van der Waals surface area contributed by atoms with Crippen molar-refractivity contribution in [1.29, 1.82) is 0 Å². The quantitative estimate of drug-likeness (QED) is 0.470. The summed E-state index contributed by atoms with van der Waals surface area (Å²) >= 11 is 0. The molecule has 24 heavy (non-hydrogen) atoms. The lowest BCUT2D eigenvalue weighted by molar-refractivity contribution is 0.349. The Labute approximate surface area is 141 Å². The Morgan fingerprint density at radius 2 is 1.12 bits per heavy atom. The van der Waals surface area contributed by atoms with E-state index in [1.54, 1.807) is 14.2 Å². The van der Waals surface area contributed by atoms with Crippen LogP contribution in [0.3, 0.4) is 0 Å². The van der Waals surface area contributed by atoms with Gasteiger partial charge in [0.25, 0.3) is 0 Å². The molecule has 0 radical (unpaired) electrons. The van der Waals surface area contributed by atoms with Gasteiger partial charge in [0.2, 0.25) is 0 Å². The third kappa shape index (κ3) is 1.56. The fraction of sp³-hybridized carbons (Fsp3) is 0.182. The smallest absolute Gasteiger partial charge is 0.165 e. The highest BCUT2D eigenvalue weighted by Gasteiger charge is 2.43. The minimum Gasteiger partial charge on any atom is -0.493 e. The van der Waals surface area contributed by atoms with E-state index in [0.29, 0.717) is 0 Å². The molecule has 2 bridgehead atoms. The summed E-state index contributed by atoms with van der Waals surface area (Å²) in [4.78, 5) is 0. The first-order valence-corrected chi connectivity index (χ1v) is 8.27. The molecule has 6 rings (SSSR count). The average molecular weight is 314 g/mol. The lowest BCUT2D eigenvalue weighted by Crippen LogP contribution is -2.28. The summed E-state index contributed by atoms with van der Waals surface area (Å²) in [5, 5.41) is 0. The lowest BCUT2D eigenvalue weighted by Gasteiger charge is -2.42. The van der Waals surface area contributed by atoms with Gasteiger partial charge in [0.05, 0.1) is 14.2 Å². The molecule has 118 valence electrons. The molecule has 0 aliphatic heterocycles. The zero-order valence-corrected chi connectivity index (χ0v) is 13.7. The second-order valence-electron chi connectivity index (χ2n) is 6.43. The standard InChI is InChI=1S/C22H18O2/c1-23-18-12-11-17-19-13-7-3-5-9-15(13)20(21(17)22(18)24-2)16-10-6-4-8-14(16)19/h3-12,19-20H,1-2H3. The summed E-state index contributed by atoms with van der Waals surface area (Å²) in [6.07, 6.45) is 0. The topological polar surface area (TPSA) is 18.5 Å². The van der Waals surface area contributed by atoms with Crippen LogP contribution in [0.5, 0.6) is 11.5 Å². The Balaban J connectivity index is 1.90. The van der Waals surface area contributed by atoms with Gasteiger partial charge in [-0.05, 0) is 33.9 Å². The van der Waals surface area contributed by atoms with Gasteiger partial charge in [-0.2, -0.15) is 0 Å². The van der Waals surface area contributed by atoms with Crippen LogP contribution in [-0.2, 0) is 0 Å².